The Morgan fingerprint density at radius 1 is 1.23 bits per heavy atom. The molecule has 0 aromatic rings. The first-order chi connectivity index (χ1) is 14.7. The molecule has 0 aromatic heterocycles. The average Bonchev–Trinajstić information content (AvgIpc) is 3.52. The number of allylic oxidation sites excluding steroid dienone is 2. The van der Waals surface area contributed by atoms with Crippen molar-refractivity contribution in [2.24, 2.45) is 34.6 Å². The molecule has 2 amide bonds. The molecular weight excluding hydrogens is 511 g/mol. The Morgan fingerprint density at radius 3 is 2.61 bits per heavy atom. The van der Waals surface area contributed by atoms with E-state index in [1.54, 1.807) is 0 Å². The zero-order valence-electron chi connectivity index (χ0n) is 18.3. The second kappa shape index (κ2) is 11.6. The molecule has 2 aliphatic carbocycles. The summed E-state index contributed by atoms with van der Waals surface area (Å²) in [6.45, 7) is 7.45. The standard InChI is InChI=1S/C22H34N4O4.HI/c1-2-23-22(24-7-3-10-29-13-15-6-11-30-14-15)25-8-9-26-20(27)18-16-4-5-17(12-16)19(18)21(26)28;/h4-5,15-19H,2-3,6-14H2,1H3,(H2,23,24,25);1H. The Hall–Kier alpha value is -1.20. The minimum Gasteiger partial charge on any atom is -0.381 e. The van der Waals surface area contributed by atoms with Crippen molar-refractivity contribution >= 4 is 41.8 Å². The van der Waals surface area contributed by atoms with Crippen molar-refractivity contribution in [1.82, 2.24) is 15.5 Å². The second-order valence-corrected chi connectivity index (χ2v) is 8.67. The number of hydrogen-bond donors (Lipinski definition) is 2. The van der Waals surface area contributed by atoms with Gasteiger partial charge in [-0.15, -0.1) is 24.0 Å². The molecule has 4 aliphatic rings. The molecule has 2 saturated heterocycles. The molecule has 8 nitrogen and oxygen atoms in total. The number of hydrogen-bond acceptors (Lipinski definition) is 5. The van der Waals surface area contributed by atoms with E-state index in [0.717, 1.165) is 45.6 Å². The molecule has 2 N–H and O–H groups in total. The van der Waals surface area contributed by atoms with Gasteiger partial charge < -0.3 is 20.1 Å². The molecule has 9 heteroatoms. The van der Waals surface area contributed by atoms with Gasteiger partial charge in [-0.25, -0.2) is 0 Å². The van der Waals surface area contributed by atoms with Gasteiger partial charge in [0.15, 0.2) is 5.96 Å². The zero-order chi connectivity index (χ0) is 20.9. The summed E-state index contributed by atoms with van der Waals surface area (Å²) >= 11 is 0. The molecule has 0 spiro atoms. The fourth-order valence-corrected chi connectivity index (χ4v) is 5.13. The van der Waals surface area contributed by atoms with Crippen LogP contribution >= 0.6 is 24.0 Å². The normalized spacial score (nSPS) is 31.3. The number of rotatable bonds is 10. The van der Waals surface area contributed by atoms with Crippen LogP contribution in [0.15, 0.2) is 17.1 Å². The summed E-state index contributed by atoms with van der Waals surface area (Å²) in [4.78, 5) is 31.5. The van der Waals surface area contributed by atoms with Gasteiger partial charge in [-0.1, -0.05) is 12.2 Å². The summed E-state index contributed by atoms with van der Waals surface area (Å²) < 4.78 is 11.1. The van der Waals surface area contributed by atoms with Gasteiger partial charge in [0.05, 0.1) is 25.0 Å². The minimum atomic E-state index is -0.120. The fraction of sp³-hybridized carbons (Fsp3) is 0.773. The highest BCUT2D eigenvalue weighted by molar-refractivity contribution is 14.0. The van der Waals surface area contributed by atoms with Crippen LogP contribution in [0.1, 0.15) is 26.2 Å². The number of guanidine groups is 1. The number of aliphatic imine (C=N–C) groups is 1. The summed E-state index contributed by atoms with van der Waals surface area (Å²) in [7, 11) is 0. The maximum atomic E-state index is 12.7. The number of carbonyl (C=O) groups excluding carboxylic acids is 2. The first kappa shape index (κ1) is 24.4. The third-order valence-electron chi connectivity index (χ3n) is 6.63. The Morgan fingerprint density at radius 2 is 1.97 bits per heavy atom. The van der Waals surface area contributed by atoms with Gasteiger partial charge in [0.2, 0.25) is 11.8 Å². The molecule has 174 valence electrons. The average molecular weight is 546 g/mol. The van der Waals surface area contributed by atoms with E-state index in [9.17, 15) is 9.59 Å². The van der Waals surface area contributed by atoms with E-state index in [1.165, 1.54) is 4.90 Å². The largest absolute Gasteiger partial charge is 0.381 e. The van der Waals surface area contributed by atoms with Crippen LogP contribution in [0.4, 0.5) is 0 Å². The van der Waals surface area contributed by atoms with Gasteiger partial charge >= 0.3 is 0 Å². The lowest BCUT2D eigenvalue weighted by atomic mass is 9.85. The maximum absolute atomic E-state index is 12.7. The molecule has 0 aromatic carbocycles. The number of fused-ring (bicyclic) bond motifs is 5. The third-order valence-corrected chi connectivity index (χ3v) is 6.63. The number of amides is 2. The maximum Gasteiger partial charge on any atom is 0.233 e. The molecule has 2 bridgehead atoms. The smallest absolute Gasteiger partial charge is 0.233 e. The quantitative estimate of drug-likeness (QED) is 0.108. The molecule has 31 heavy (non-hydrogen) atoms. The lowest BCUT2D eigenvalue weighted by Gasteiger charge is -2.18. The van der Waals surface area contributed by atoms with Crippen LogP contribution in [0, 0.1) is 29.6 Å². The molecule has 3 fully saturated rings. The highest BCUT2D eigenvalue weighted by Gasteiger charge is 2.58. The van der Waals surface area contributed by atoms with Crippen LogP contribution < -0.4 is 10.6 Å². The van der Waals surface area contributed by atoms with Crippen molar-refractivity contribution in [3.8, 4) is 0 Å². The van der Waals surface area contributed by atoms with E-state index in [0.29, 0.717) is 38.1 Å². The van der Waals surface area contributed by atoms with Crippen LogP contribution in [0.25, 0.3) is 0 Å². The predicted molar refractivity (Wildman–Crippen MR) is 128 cm³/mol. The summed E-state index contributed by atoms with van der Waals surface area (Å²) in [5, 5.41) is 6.46. The van der Waals surface area contributed by atoms with E-state index in [-0.39, 0.29) is 59.5 Å². The van der Waals surface area contributed by atoms with E-state index >= 15 is 0 Å². The number of nitrogens with one attached hydrogen (secondary N) is 2. The predicted octanol–water partition coefficient (Wildman–Crippen LogP) is 1.41. The van der Waals surface area contributed by atoms with Crippen molar-refractivity contribution in [3.63, 3.8) is 0 Å². The number of halogens is 1. The number of likely N-dealkylation sites (tertiary alicyclic amines) is 1. The van der Waals surface area contributed by atoms with Crippen LogP contribution in [0.3, 0.4) is 0 Å². The molecule has 0 radical (unpaired) electrons. The summed E-state index contributed by atoms with van der Waals surface area (Å²) in [6, 6.07) is 0. The van der Waals surface area contributed by atoms with E-state index in [2.05, 4.69) is 27.8 Å². The van der Waals surface area contributed by atoms with E-state index in [4.69, 9.17) is 9.47 Å². The second-order valence-electron chi connectivity index (χ2n) is 8.67. The van der Waals surface area contributed by atoms with E-state index in [1.807, 2.05) is 6.92 Å². The van der Waals surface area contributed by atoms with Gasteiger partial charge in [0.25, 0.3) is 0 Å². The topological polar surface area (TPSA) is 92.3 Å². The first-order valence-corrected chi connectivity index (χ1v) is 11.4. The molecule has 5 unspecified atom stereocenters. The third kappa shape index (κ3) is 5.60. The zero-order valence-corrected chi connectivity index (χ0v) is 20.6. The van der Waals surface area contributed by atoms with Gasteiger partial charge in [0, 0.05) is 45.3 Å². The molecular formula is C22H35IN4O4. The Bertz CT molecular complexity index is 665. The van der Waals surface area contributed by atoms with E-state index < -0.39 is 0 Å². The number of imide groups is 1. The van der Waals surface area contributed by atoms with Crippen LogP contribution in [0.2, 0.25) is 0 Å². The number of carbonyl (C=O) groups is 2. The summed E-state index contributed by atoms with van der Waals surface area (Å²) in [6.07, 6.45) is 7.16. The SMILES string of the molecule is CCNC(=NCCCOCC1CCOC1)NCCN1C(=O)C2C3C=CC(C3)C2C1=O.I. The fourth-order valence-electron chi connectivity index (χ4n) is 5.13. The van der Waals surface area contributed by atoms with Gasteiger partial charge in [0.1, 0.15) is 0 Å². The minimum absolute atomic E-state index is 0. The van der Waals surface area contributed by atoms with Crippen LogP contribution in [-0.4, -0.2) is 75.3 Å². The van der Waals surface area contributed by atoms with Crippen molar-refractivity contribution in [2.45, 2.75) is 26.2 Å². The van der Waals surface area contributed by atoms with Gasteiger partial charge in [-0.05, 0) is 38.0 Å². The summed E-state index contributed by atoms with van der Waals surface area (Å²) in [5.41, 5.74) is 0. The molecule has 5 atom stereocenters. The van der Waals surface area contributed by atoms with Crippen molar-refractivity contribution in [2.75, 3.05) is 52.6 Å². The Balaban J connectivity index is 0.00000272. The van der Waals surface area contributed by atoms with Crippen LogP contribution in [0.5, 0.6) is 0 Å². The Kier molecular flexibility index (Phi) is 9.15. The van der Waals surface area contributed by atoms with Crippen LogP contribution in [-0.2, 0) is 19.1 Å². The van der Waals surface area contributed by atoms with Crippen molar-refractivity contribution < 1.29 is 19.1 Å². The number of nitrogens with zero attached hydrogens (tertiary/aromatic N) is 2. The van der Waals surface area contributed by atoms with Gasteiger partial charge in [-0.3, -0.25) is 19.5 Å². The number of ether oxygens (including phenoxy) is 2. The Labute approximate surface area is 201 Å². The highest BCUT2D eigenvalue weighted by atomic mass is 127. The highest BCUT2D eigenvalue weighted by Crippen LogP contribution is 2.52. The molecule has 4 rings (SSSR count). The van der Waals surface area contributed by atoms with Crippen molar-refractivity contribution in [1.29, 1.82) is 0 Å². The lowest BCUT2D eigenvalue weighted by molar-refractivity contribution is -0.140. The van der Waals surface area contributed by atoms with Crippen molar-refractivity contribution in [3.05, 3.63) is 12.2 Å². The summed E-state index contributed by atoms with van der Waals surface area (Å²) in [5.74, 6) is 1.55. The van der Waals surface area contributed by atoms with Gasteiger partial charge in [-0.2, -0.15) is 0 Å². The molecule has 2 aliphatic heterocycles. The lowest BCUT2D eigenvalue weighted by Crippen LogP contribution is -2.43. The monoisotopic (exact) mass is 546 g/mol. The molecule has 1 saturated carbocycles. The first-order valence-electron chi connectivity index (χ1n) is 11.4. The molecule has 2 heterocycles.